The fraction of sp³-hybridized carbons (Fsp3) is 0.538. The van der Waals surface area contributed by atoms with Gasteiger partial charge in [-0.2, -0.15) is 0 Å². The lowest BCUT2D eigenvalue weighted by molar-refractivity contribution is 0.595. The zero-order valence-electron chi connectivity index (χ0n) is 8.67. The Kier molecular flexibility index (Phi) is 3.27. The van der Waals surface area contributed by atoms with Gasteiger partial charge in [0.05, 0.1) is 0 Å². The molecule has 1 aliphatic rings. The molecule has 0 aromatic heterocycles. The average Bonchev–Trinajstić information content (AvgIpc) is 2.39. The number of alkyl halides is 1. The van der Waals surface area contributed by atoms with Crippen molar-refractivity contribution in [1.29, 1.82) is 0 Å². The minimum absolute atomic E-state index is 0.599. The summed E-state index contributed by atoms with van der Waals surface area (Å²) < 4.78 is 0. The maximum atomic E-state index is 3.74. The van der Waals surface area contributed by atoms with Crippen LogP contribution in [0.25, 0.3) is 0 Å². The molecule has 2 unspecified atom stereocenters. The van der Waals surface area contributed by atoms with Crippen molar-refractivity contribution in [3.05, 3.63) is 35.4 Å². The van der Waals surface area contributed by atoms with E-state index < -0.39 is 0 Å². The fourth-order valence-corrected chi connectivity index (χ4v) is 2.98. The van der Waals surface area contributed by atoms with Gasteiger partial charge in [-0.15, -0.1) is 0 Å². The van der Waals surface area contributed by atoms with E-state index in [9.17, 15) is 0 Å². The van der Waals surface area contributed by atoms with Crippen LogP contribution in [0.2, 0.25) is 0 Å². The maximum Gasteiger partial charge on any atom is 0.0186 e. The second kappa shape index (κ2) is 4.48. The Morgan fingerprint density at radius 3 is 2.86 bits per heavy atom. The van der Waals surface area contributed by atoms with E-state index in [1.165, 1.54) is 25.7 Å². The summed E-state index contributed by atoms with van der Waals surface area (Å²) in [5.74, 6) is 0.716. The lowest BCUT2D eigenvalue weighted by atomic mass is 9.91. The van der Waals surface area contributed by atoms with Crippen LogP contribution in [-0.4, -0.2) is 4.83 Å². The molecule has 0 spiro atoms. The van der Waals surface area contributed by atoms with Crippen LogP contribution in [0.15, 0.2) is 24.3 Å². The summed E-state index contributed by atoms with van der Waals surface area (Å²) >= 11 is 3.74. The van der Waals surface area contributed by atoms with Crippen LogP contribution in [0.1, 0.15) is 43.2 Å². The van der Waals surface area contributed by atoms with Crippen molar-refractivity contribution in [3.63, 3.8) is 0 Å². The molecule has 0 saturated carbocycles. The number of benzene rings is 1. The fourth-order valence-electron chi connectivity index (χ4n) is 2.44. The zero-order chi connectivity index (χ0) is 9.97. The third-order valence-corrected chi connectivity index (χ3v) is 3.86. The van der Waals surface area contributed by atoms with E-state index in [1.54, 1.807) is 11.1 Å². The summed E-state index contributed by atoms with van der Waals surface area (Å²) in [7, 11) is 0. The molecule has 1 aliphatic carbocycles. The monoisotopic (exact) mass is 252 g/mol. The lowest BCUT2D eigenvalue weighted by Crippen LogP contribution is -2.09. The van der Waals surface area contributed by atoms with Crippen LogP contribution in [0, 0.1) is 0 Å². The highest BCUT2D eigenvalue weighted by Gasteiger charge is 2.21. The second-order valence-corrected chi connectivity index (χ2v) is 5.67. The topological polar surface area (TPSA) is 0 Å². The zero-order valence-corrected chi connectivity index (χ0v) is 10.3. The summed E-state index contributed by atoms with van der Waals surface area (Å²) in [4.78, 5) is 0.599. The Labute approximate surface area is 94.8 Å². The normalized spacial score (nSPS) is 23.7. The van der Waals surface area contributed by atoms with E-state index in [2.05, 4.69) is 47.1 Å². The number of aryl methyl sites for hydroxylation is 1. The minimum Gasteiger partial charge on any atom is -0.0887 e. The first kappa shape index (κ1) is 10.2. The lowest BCUT2D eigenvalue weighted by Gasteiger charge is -2.19. The van der Waals surface area contributed by atoms with Gasteiger partial charge in [0, 0.05) is 4.83 Å². The van der Waals surface area contributed by atoms with Gasteiger partial charge in [0.15, 0.2) is 0 Å². The van der Waals surface area contributed by atoms with E-state index >= 15 is 0 Å². The average molecular weight is 253 g/mol. The molecule has 0 bridgehead atoms. The molecule has 14 heavy (non-hydrogen) atoms. The first-order valence-corrected chi connectivity index (χ1v) is 6.42. The van der Waals surface area contributed by atoms with Crippen LogP contribution in [0.4, 0.5) is 0 Å². The number of fused-ring (bicyclic) bond motifs is 1. The number of hydrogen-bond donors (Lipinski definition) is 0. The summed E-state index contributed by atoms with van der Waals surface area (Å²) in [6.45, 7) is 2.27. The molecule has 2 atom stereocenters. The first-order valence-electron chi connectivity index (χ1n) is 5.51. The Bertz CT molecular complexity index is 304. The van der Waals surface area contributed by atoms with Crippen molar-refractivity contribution in [2.45, 2.75) is 43.4 Å². The van der Waals surface area contributed by atoms with Crippen molar-refractivity contribution in [1.82, 2.24) is 0 Å². The van der Waals surface area contributed by atoms with Gasteiger partial charge >= 0.3 is 0 Å². The smallest absolute Gasteiger partial charge is 0.0186 e. The first-order chi connectivity index (χ1) is 6.79. The molecule has 0 N–H and O–H groups in total. The molecule has 76 valence electrons. The predicted octanol–water partition coefficient (Wildman–Crippen LogP) is 4.28. The van der Waals surface area contributed by atoms with Crippen LogP contribution >= 0.6 is 15.9 Å². The summed E-state index contributed by atoms with van der Waals surface area (Å²) in [5, 5.41) is 0. The highest BCUT2D eigenvalue weighted by molar-refractivity contribution is 9.09. The van der Waals surface area contributed by atoms with Crippen molar-refractivity contribution in [3.8, 4) is 0 Å². The maximum absolute atomic E-state index is 3.74. The number of halogens is 1. The minimum atomic E-state index is 0.599. The van der Waals surface area contributed by atoms with Crippen molar-refractivity contribution < 1.29 is 0 Å². The second-order valence-electron chi connectivity index (χ2n) is 4.23. The molecule has 0 radical (unpaired) electrons. The van der Waals surface area contributed by atoms with Crippen LogP contribution in [0.3, 0.4) is 0 Å². The van der Waals surface area contributed by atoms with Gasteiger partial charge < -0.3 is 0 Å². The van der Waals surface area contributed by atoms with E-state index in [4.69, 9.17) is 0 Å². The van der Waals surface area contributed by atoms with Gasteiger partial charge in [-0.3, -0.25) is 0 Å². The molecule has 0 heterocycles. The Morgan fingerprint density at radius 1 is 1.29 bits per heavy atom. The molecule has 1 aromatic carbocycles. The molecule has 0 fully saturated rings. The Morgan fingerprint density at radius 2 is 2.07 bits per heavy atom. The molecule has 0 amide bonds. The van der Waals surface area contributed by atoms with E-state index in [0.717, 1.165) is 0 Å². The predicted molar refractivity (Wildman–Crippen MR) is 65.1 cm³/mol. The van der Waals surface area contributed by atoms with Gasteiger partial charge in [-0.1, -0.05) is 53.5 Å². The van der Waals surface area contributed by atoms with Crippen LogP contribution in [-0.2, 0) is 6.42 Å². The van der Waals surface area contributed by atoms with E-state index in [0.29, 0.717) is 10.7 Å². The van der Waals surface area contributed by atoms with Crippen LogP contribution in [0.5, 0.6) is 0 Å². The molecular formula is C13H17Br. The van der Waals surface area contributed by atoms with Gasteiger partial charge in [0.2, 0.25) is 0 Å². The summed E-state index contributed by atoms with van der Waals surface area (Å²) in [6, 6.07) is 8.94. The number of rotatable bonds is 1. The third-order valence-electron chi connectivity index (χ3n) is 3.22. The summed E-state index contributed by atoms with van der Waals surface area (Å²) in [6.07, 6.45) is 5.33. The quantitative estimate of drug-likeness (QED) is 0.517. The molecule has 0 aliphatic heterocycles. The highest BCUT2D eigenvalue weighted by atomic mass is 79.9. The SMILES string of the molecule is CC(Br)C1CCCCc2ccccc21. The molecule has 0 saturated heterocycles. The van der Waals surface area contributed by atoms with Gasteiger partial charge in [-0.25, -0.2) is 0 Å². The third kappa shape index (κ3) is 2.03. The van der Waals surface area contributed by atoms with Crippen molar-refractivity contribution >= 4 is 15.9 Å². The molecule has 1 heteroatoms. The van der Waals surface area contributed by atoms with E-state index in [-0.39, 0.29) is 0 Å². The Hall–Kier alpha value is -0.300. The standard InChI is InChI=1S/C13H17Br/c1-10(14)12-8-4-2-6-11-7-3-5-9-13(11)12/h3,5,7,9-10,12H,2,4,6,8H2,1H3. The van der Waals surface area contributed by atoms with Crippen molar-refractivity contribution in [2.75, 3.05) is 0 Å². The number of hydrogen-bond acceptors (Lipinski definition) is 0. The van der Waals surface area contributed by atoms with Crippen molar-refractivity contribution in [2.24, 2.45) is 0 Å². The highest BCUT2D eigenvalue weighted by Crippen LogP contribution is 2.35. The van der Waals surface area contributed by atoms with Gasteiger partial charge in [0.25, 0.3) is 0 Å². The molecular weight excluding hydrogens is 236 g/mol. The molecule has 1 aromatic rings. The largest absolute Gasteiger partial charge is 0.0887 e. The molecule has 2 rings (SSSR count). The molecule has 0 nitrogen and oxygen atoms in total. The summed E-state index contributed by atoms with van der Waals surface area (Å²) in [5.41, 5.74) is 3.15. The van der Waals surface area contributed by atoms with Crippen LogP contribution < -0.4 is 0 Å². The van der Waals surface area contributed by atoms with Gasteiger partial charge in [-0.05, 0) is 36.3 Å². The van der Waals surface area contributed by atoms with Gasteiger partial charge in [0.1, 0.15) is 0 Å². The Balaban J connectivity index is 2.37. The van der Waals surface area contributed by atoms with E-state index in [1.807, 2.05) is 0 Å².